The average molecular weight is 196 g/mol. The first kappa shape index (κ1) is 9.13. The third-order valence-corrected chi connectivity index (χ3v) is 3.80. The number of hydrogen-bond donors (Lipinski definition) is 1. The highest BCUT2D eigenvalue weighted by atomic mass is 32.2. The monoisotopic (exact) mass is 196 g/mol. The van der Waals surface area contributed by atoms with E-state index in [1.807, 2.05) is 18.0 Å². The van der Waals surface area contributed by atoms with Gasteiger partial charge in [-0.2, -0.15) is 0 Å². The molecule has 1 aromatic heterocycles. The maximum Gasteiger partial charge on any atom is 0.165 e. The quantitative estimate of drug-likeness (QED) is 0.805. The van der Waals surface area contributed by atoms with Crippen molar-refractivity contribution in [2.24, 2.45) is 0 Å². The second-order valence-electron chi connectivity index (χ2n) is 3.59. The molecule has 1 fully saturated rings. The van der Waals surface area contributed by atoms with Crippen LogP contribution in [0.5, 0.6) is 0 Å². The lowest BCUT2D eigenvalue weighted by Gasteiger charge is -2.04. The van der Waals surface area contributed by atoms with Crippen LogP contribution in [-0.4, -0.2) is 15.2 Å². The molecule has 0 radical (unpaired) electrons. The van der Waals surface area contributed by atoms with Crippen LogP contribution < -0.4 is 0 Å². The Morgan fingerprint density at radius 2 is 2.31 bits per heavy atom. The molecule has 0 atom stereocenters. The second-order valence-corrected chi connectivity index (χ2v) is 4.88. The molecule has 2 nitrogen and oxygen atoms in total. The van der Waals surface area contributed by atoms with Gasteiger partial charge in [0.1, 0.15) is 0 Å². The lowest BCUT2D eigenvalue weighted by atomic mass is 10.4. The van der Waals surface area contributed by atoms with Gasteiger partial charge in [-0.15, -0.1) is 0 Å². The summed E-state index contributed by atoms with van der Waals surface area (Å²) < 4.78 is 0. The highest BCUT2D eigenvalue weighted by Gasteiger charge is 2.17. The van der Waals surface area contributed by atoms with Gasteiger partial charge in [0.2, 0.25) is 0 Å². The van der Waals surface area contributed by atoms with Crippen LogP contribution in [0, 0.1) is 0 Å². The Morgan fingerprint density at radius 1 is 1.54 bits per heavy atom. The largest absolute Gasteiger partial charge is 0.337 e. The van der Waals surface area contributed by atoms with Gasteiger partial charge in [-0.25, -0.2) is 4.98 Å². The molecule has 0 aliphatic heterocycles. The number of imidazole rings is 1. The molecule has 1 saturated carbocycles. The third-order valence-electron chi connectivity index (χ3n) is 2.57. The molecule has 0 aromatic carbocycles. The van der Waals surface area contributed by atoms with Gasteiger partial charge in [0, 0.05) is 17.1 Å². The van der Waals surface area contributed by atoms with Gasteiger partial charge in [0.25, 0.3) is 0 Å². The maximum absolute atomic E-state index is 4.36. The Balaban J connectivity index is 1.92. The fourth-order valence-electron chi connectivity index (χ4n) is 1.74. The van der Waals surface area contributed by atoms with Crippen LogP contribution in [0.1, 0.15) is 38.3 Å². The predicted octanol–water partition coefficient (Wildman–Crippen LogP) is 3.01. The fourth-order valence-corrected chi connectivity index (χ4v) is 2.93. The average Bonchev–Trinajstić information content (AvgIpc) is 2.76. The van der Waals surface area contributed by atoms with Crippen molar-refractivity contribution in [2.75, 3.05) is 0 Å². The molecule has 1 aliphatic carbocycles. The summed E-state index contributed by atoms with van der Waals surface area (Å²) >= 11 is 1.92. The number of rotatable bonds is 3. The summed E-state index contributed by atoms with van der Waals surface area (Å²) in [6, 6.07) is 0. The van der Waals surface area contributed by atoms with E-state index in [0.29, 0.717) is 0 Å². The van der Waals surface area contributed by atoms with Crippen molar-refractivity contribution in [3.8, 4) is 0 Å². The molecule has 0 unspecified atom stereocenters. The molecule has 1 N–H and O–H groups in total. The number of aromatic nitrogens is 2. The SMILES string of the molecule is CCc1cnc(SC2CCCC2)[nH]1. The Labute approximate surface area is 83.5 Å². The fraction of sp³-hybridized carbons (Fsp3) is 0.700. The molecule has 72 valence electrons. The third kappa shape index (κ3) is 2.27. The molecule has 3 heteroatoms. The summed E-state index contributed by atoms with van der Waals surface area (Å²) in [4.78, 5) is 7.70. The van der Waals surface area contributed by atoms with Gasteiger partial charge in [-0.1, -0.05) is 31.5 Å². The van der Waals surface area contributed by atoms with Gasteiger partial charge in [-0.3, -0.25) is 0 Å². The van der Waals surface area contributed by atoms with E-state index in [4.69, 9.17) is 0 Å². The van der Waals surface area contributed by atoms with Gasteiger partial charge in [0.15, 0.2) is 5.16 Å². The van der Waals surface area contributed by atoms with E-state index in [1.54, 1.807) is 0 Å². The Bertz CT molecular complexity index is 264. The first-order chi connectivity index (χ1) is 6.38. The van der Waals surface area contributed by atoms with Crippen molar-refractivity contribution in [1.29, 1.82) is 0 Å². The van der Waals surface area contributed by atoms with Gasteiger partial charge < -0.3 is 4.98 Å². The van der Waals surface area contributed by atoms with Crippen molar-refractivity contribution in [1.82, 2.24) is 9.97 Å². The van der Waals surface area contributed by atoms with E-state index < -0.39 is 0 Å². The van der Waals surface area contributed by atoms with Crippen LogP contribution >= 0.6 is 11.8 Å². The minimum atomic E-state index is 0.816. The second kappa shape index (κ2) is 4.18. The normalized spacial score (nSPS) is 18.2. The van der Waals surface area contributed by atoms with Crippen molar-refractivity contribution < 1.29 is 0 Å². The molecule has 0 amide bonds. The molecular formula is C10H16N2S. The number of aryl methyl sites for hydroxylation is 1. The lowest BCUT2D eigenvalue weighted by Crippen LogP contribution is -1.94. The number of H-pyrrole nitrogens is 1. The van der Waals surface area contributed by atoms with Crippen LogP contribution in [0.3, 0.4) is 0 Å². The minimum absolute atomic E-state index is 0.816. The standard InChI is InChI=1S/C10H16N2S/c1-2-8-7-11-10(12-8)13-9-5-3-4-6-9/h7,9H,2-6H2,1H3,(H,11,12). The molecule has 0 saturated heterocycles. The summed E-state index contributed by atoms with van der Waals surface area (Å²) in [6.45, 7) is 2.15. The zero-order chi connectivity index (χ0) is 9.10. The topological polar surface area (TPSA) is 28.7 Å². The van der Waals surface area contributed by atoms with Crippen LogP contribution in [0.25, 0.3) is 0 Å². The summed E-state index contributed by atoms with van der Waals surface area (Å²) in [6.07, 6.45) is 8.55. The van der Waals surface area contributed by atoms with E-state index in [0.717, 1.165) is 16.8 Å². The number of hydrogen-bond acceptors (Lipinski definition) is 2. The Kier molecular flexibility index (Phi) is 2.94. The molecule has 1 aliphatic rings. The van der Waals surface area contributed by atoms with E-state index in [1.165, 1.54) is 31.4 Å². The minimum Gasteiger partial charge on any atom is -0.337 e. The molecular weight excluding hydrogens is 180 g/mol. The molecule has 1 aromatic rings. The van der Waals surface area contributed by atoms with Crippen LogP contribution in [0.15, 0.2) is 11.4 Å². The predicted molar refractivity (Wildman–Crippen MR) is 56.1 cm³/mol. The maximum atomic E-state index is 4.36. The number of nitrogens with one attached hydrogen (secondary N) is 1. The Hall–Kier alpha value is -0.440. The van der Waals surface area contributed by atoms with Gasteiger partial charge >= 0.3 is 0 Å². The van der Waals surface area contributed by atoms with Crippen molar-refractivity contribution in [3.63, 3.8) is 0 Å². The zero-order valence-corrected chi connectivity index (χ0v) is 8.86. The number of thioether (sulfide) groups is 1. The van der Waals surface area contributed by atoms with E-state index in [9.17, 15) is 0 Å². The summed E-state index contributed by atoms with van der Waals surface area (Å²) in [5.74, 6) is 0. The lowest BCUT2D eigenvalue weighted by molar-refractivity contribution is 0.886. The zero-order valence-electron chi connectivity index (χ0n) is 8.05. The van der Waals surface area contributed by atoms with E-state index >= 15 is 0 Å². The summed E-state index contributed by atoms with van der Waals surface area (Å²) in [5.41, 5.74) is 1.25. The summed E-state index contributed by atoms with van der Waals surface area (Å²) in [7, 11) is 0. The highest BCUT2D eigenvalue weighted by molar-refractivity contribution is 7.99. The molecule has 0 spiro atoms. The molecule has 2 rings (SSSR count). The summed E-state index contributed by atoms with van der Waals surface area (Å²) in [5, 5.41) is 1.93. The van der Waals surface area contributed by atoms with Gasteiger partial charge in [-0.05, 0) is 19.3 Å². The molecule has 1 heterocycles. The first-order valence-electron chi connectivity index (χ1n) is 5.09. The smallest absolute Gasteiger partial charge is 0.165 e. The van der Waals surface area contributed by atoms with Gasteiger partial charge in [0.05, 0.1) is 0 Å². The van der Waals surface area contributed by atoms with Crippen molar-refractivity contribution in [3.05, 3.63) is 11.9 Å². The van der Waals surface area contributed by atoms with Crippen LogP contribution in [0.4, 0.5) is 0 Å². The van der Waals surface area contributed by atoms with E-state index in [2.05, 4.69) is 16.9 Å². The highest BCUT2D eigenvalue weighted by Crippen LogP contribution is 2.32. The Morgan fingerprint density at radius 3 is 2.92 bits per heavy atom. The van der Waals surface area contributed by atoms with Crippen LogP contribution in [0.2, 0.25) is 0 Å². The number of nitrogens with zero attached hydrogens (tertiary/aromatic N) is 1. The molecule has 13 heavy (non-hydrogen) atoms. The van der Waals surface area contributed by atoms with Crippen molar-refractivity contribution in [2.45, 2.75) is 49.4 Å². The van der Waals surface area contributed by atoms with Crippen molar-refractivity contribution >= 4 is 11.8 Å². The van der Waals surface area contributed by atoms with E-state index in [-0.39, 0.29) is 0 Å². The first-order valence-corrected chi connectivity index (χ1v) is 5.97. The van der Waals surface area contributed by atoms with Crippen LogP contribution in [-0.2, 0) is 6.42 Å². The molecule has 0 bridgehead atoms. The number of aromatic amines is 1.